The first-order chi connectivity index (χ1) is 16.4. The van der Waals surface area contributed by atoms with Gasteiger partial charge in [-0.15, -0.1) is 0 Å². The van der Waals surface area contributed by atoms with Crippen LogP contribution in [0.15, 0.2) is 79.0 Å². The van der Waals surface area contributed by atoms with Gasteiger partial charge in [-0.2, -0.15) is 0 Å². The lowest BCUT2D eigenvalue weighted by atomic mass is 10.0. The van der Waals surface area contributed by atoms with Crippen LogP contribution in [0.4, 0.5) is 15.8 Å². The van der Waals surface area contributed by atoms with Crippen LogP contribution in [0, 0.1) is 5.82 Å². The molecule has 1 saturated heterocycles. The molecule has 0 unspecified atom stereocenters. The van der Waals surface area contributed by atoms with Crippen LogP contribution < -0.4 is 9.62 Å². The van der Waals surface area contributed by atoms with Crippen LogP contribution in [-0.2, 0) is 10.0 Å². The van der Waals surface area contributed by atoms with Crippen molar-refractivity contribution in [1.82, 2.24) is 4.98 Å². The van der Waals surface area contributed by atoms with E-state index in [1.54, 1.807) is 36.5 Å². The summed E-state index contributed by atoms with van der Waals surface area (Å²) in [6, 6.07) is 20.3. The molecule has 1 aliphatic rings. The summed E-state index contributed by atoms with van der Waals surface area (Å²) in [5.41, 5.74) is 2.13. The molecule has 6 nitrogen and oxygen atoms in total. The van der Waals surface area contributed by atoms with E-state index in [-0.39, 0.29) is 11.7 Å². The molecule has 34 heavy (non-hydrogen) atoms. The lowest BCUT2D eigenvalue weighted by Gasteiger charge is -2.28. The second kappa shape index (κ2) is 8.87. The molecule has 1 aliphatic heterocycles. The SMILES string of the molecule is O=C(Nc1ccc(F)c(-c2nccc3ccccc23)c1)c1ccc(N2CCCCS2(=O)=O)cc1. The number of carbonyl (C=O) groups excluding carboxylic acids is 1. The molecule has 3 aromatic carbocycles. The molecule has 0 radical (unpaired) electrons. The number of halogens is 1. The lowest BCUT2D eigenvalue weighted by molar-refractivity contribution is 0.102. The summed E-state index contributed by atoms with van der Waals surface area (Å²) in [5, 5.41) is 4.55. The quantitative estimate of drug-likeness (QED) is 0.439. The molecule has 0 aliphatic carbocycles. The Balaban J connectivity index is 1.39. The van der Waals surface area contributed by atoms with Gasteiger partial charge in [0.1, 0.15) is 5.82 Å². The summed E-state index contributed by atoms with van der Waals surface area (Å²) in [6.07, 6.45) is 3.10. The topological polar surface area (TPSA) is 79.4 Å². The highest BCUT2D eigenvalue weighted by Crippen LogP contribution is 2.31. The summed E-state index contributed by atoms with van der Waals surface area (Å²) in [4.78, 5) is 17.2. The fraction of sp³-hybridized carbons (Fsp3) is 0.154. The van der Waals surface area contributed by atoms with Gasteiger partial charge in [-0.05, 0) is 66.8 Å². The van der Waals surface area contributed by atoms with Gasteiger partial charge in [-0.25, -0.2) is 12.8 Å². The van der Waals surface area contributed by atoms with Gasteiger partial charge in [0.2, 0.25) is 10.0 Å². The zero-order valence-corrected chi connectivity index (χ0v) is 19.1. The maximum Gasteiger partial charge on any atom is 0.255 e. The number of nitrogens with one attached hydrogen (secondary N) is 1. The molecule has 4 aromatic rings. The number of benzene rings is 3. The van der Waals surface area contributed by atoms with Crippen LogP contribution in [0.3, 0.4) is 0 Å². The molecule has 0 atom stereocenters. The fourth-order valence-corrected chi connectivity index (χ4v) is 5.82. The van der Waals surface area contributed by atoms with Gasteiger partial charge in [0.25, 0.3) is 5.91 Å². The molecule has 1 amide bonds. The van der Waals surface area contributed by atoms with Gasteiger partial charge in [0.15, 0.2) is 0 Å². The van der Waals surface area contributed by atoms with Gasteiger partial charge in [-0.3, -0.25) is 14.1 Å². The molecule has 1 fully saturated rings. The fourth-order valence-electron chi connectivity index (χ4n) is 4.18. The van der Waals surface area contributed by atoms with Gasteiger partial charge in [0, 0.05) is 34.9 Å². The van der Waals surface area contributed by atoms with Crippen LogP contribution in [0.5, 0.6) is 0 Å². The molecule has 0 bridgehead atoms. The largest absolute Gasteiger partial charge is 0.322 e. The number of sulfonamides is 1. The standard InChI is InChI=1S/C26H22FN3O3S/c27-24-12-9-20(17-23(24)25-22-6-2-1-5-18(22)13-14-28-25)29-26(31)19-7-10-21(11-8-19)30-15-3-4-16-34(30,32)33/h1-2,5-14,17H,3-4,15-16H2,(H,29,31). The number of anilines is 2. The maximum absolute atomic E-state index is 14.7. The first kappa shape index (κ1) is 22.0. The number of rotatable bonds is 4. The van der Waals surface area contributed by atoms with E-state index in [2.05, 4.69) is 10.3 Å². The molecule has 0 spiro atoms. The van der Waals surface area contributed by atoms with E-state index >= 15 is 0 Å². The molecule has 2 heterocycles. The first-order valence-electron chi connectivity index (χ1n) is 11.0. The van der Waals surface area contributed by atoms with Crippen molar-refractivity contribution in [3.05, 3.63) is 90.4 Å². The number of amides is 1. The van der Waals surface area contributed by atoms with E-state index < -0.39 is 15.8 Å². The van der Waals surface area contributed by atoms with Crippen molar-refractivity contribution in [2.24, 2.45) is 0 Å². The number of carbonyl (C=O) groups is 1. The molecule has 5 rings (SSSR count). The molecular formula is C26H22FN3O3S. The third-order valence-electron chi connectivity index (χ3n) is 5.92. The Hall–Kier alpha value is -3.78. The van der Waals surface area contributed by atoms with Gasteiger partial charge in [0.05, 0.1) is 17.1 Å². The molecule has 1 aromatic heterocycles. The average molecular weight is 476 g/mol. The van der Waals surface area contributed by atoms with Crippen LogP contribution in [0.1, 0.15) is 23.2 Å². The third kappa shape index (κ3) is 4.24. The number of nitrogens with zero attached hydrogens (tertiary/aromatic N) is 2. The van der Waals surface area contributed by atoms with E-state index in [0.29, 0.717) is 41.2 Å². The summed E-state index contributed by atoms with van der Waals surface area (Å²) in [5.74, 6) is -0.682. The summed E-state index contributed by atoms with van der Waals surface area (Å²) in [7, 11) is -3.32. The number of aromatic nitrogens is 1. The minimum Gasteiger partial charge on any atom is -0.322 e. The minimum absolute atomic E-state index is 0.133. The monoisotopic (exact) mass is 475 g/mol. The van der Waals surface area contributed by atoms with Crippen molar-refractivity contribution in [2.45, 2.75) is 12.8 Å². The van der Waals surface area contributed by atoms with E-state index in [1.807, 2.05) is 30.3 Å². The third-order valence-corrected chi connectivity index (χ3v) is 7.79. The second-order valence-electron chi connectivity index (χ2n) is 8.17. The van der Waals surface area contributed by atoms with Crippen molar-refractivity contribution in [3.63, 3.8) is 0 Å². The Bertz CT molecular complexity index is 1480. The minimum atomic E-state index is -3.32. The predicted octanol–water partition coefficient (Wildman–Crippen LogP) is 5.22. The Kier molecular flexibility index (Phi) is 5.75. The van der Waals surface area contributed by atoms with Gasteiger partial charge >= 0.3 is 0 Å². The second-order valence-corrected chi connectivity index (χ2v) is 10.2. The highest BCUT2D eigenvalue weighted by Gasteiger charge is 2.26. The zero-order chi connectivity index (χ0) is 23.7. The van der Waals surface area contributed by atoms with Crippen molar-refractivity contribution in [3.8, 4) is 11.3 Å². The lowest BCUT2D eigenvalue weighted by Crippen LogP contribution is -2.37. The van der Waals surface area contributed by atoms with Crippen LogP contribution in [0.2, 0.25) is 0 Å². The van der Waals surface area contributed by atoms with Gasteiger partial charge < -0.3 is 5.32 Å². The van der Waals surface area contributed by atoms with Gasteiger partial charge in [-0.1, -0.05) is 24.3 Å². The Morgan fingerprint density at radius 2 is 1.76 bits per heavy atom. The molecule has 1 N–H and O–H groups in total. The van der Waals surface area contributed by atoms with E-state index in [4.69, 9.17) is 0 Å². The molecule has 0 saturated carbocycles. The zero-order valence-electron chi connectivity index (χ0n) is 18.2. The Morgan fingerprint density at radius 1 is 0.971 bits per heavy atom. The van der Waals surface area contributed by atoms with Crippen molar-refractivity contribution in [1.29, 1.82) is 0 Å². The van der Waals surface area contributed by atoms with Crippen molar-refractivity contribution >= 4 is 38.1 Å². The molecule has 172 valence electrons. The summed E-state index contributed by atoms with van der Waals surface area (Å²) in [6.45, 7) is 0.439. The smallest absolute Gasteiger partial charge is 0.255 e. The summed E-state index contributed by atoms with van der Waals surface area (Å²) >= 11 is 0. The maximum atomic E-state index is 14.7. The molecular weight excluding hydrogens is 453 g/mol. The normalized spacial score (nSPS) is 15.3. The van der Waals surface area contributed by atoms with Crippen LogP contribution in [-0.4, -0.2) is 31.6 Å². The highest BCUT2D eigenvalue weighted by atomic mass is 32.2. The Morgan fingerprint density at radius 3 is 2.56 bits per heavy atom. The summed E-state index contributed by atoms with van der Waals surface area (Å²) < 4.78 is 40.7. The van der Waals surface area contributed by atoms with Crippen molar-refractivity contribution in [2.75, 3.05) is 21.9 Å². The van der Waals surface area contributed by atoms with E-state index in [1.165, 1.54) is 16.4 Å². The van der Waals surface area contributed by atoms with E-state index in [0.717, 1.165) is 17.2 Å². The van der Waals surface area contributed by atoms with Crippen molar-refractivity contribution < 1.29 is 17.6 Å². The van der Waals surface area contributed by atoms with E-state index in [9.17, 15) is 17.6 Å². The van der Waals surface area contributed by atoms with Crippen LogP contribution >= 0.6 is 0 Å². The Labute approximate surface area is 197 Å². The number of hydrogen-bond acceptors (Lipinski definition) is 4. The first-order valence-corrected chi connectivity index (χ1v) is 12.6. The number of fused-ring (bicyclic) bond motifs is 1. The van der Waals surface area contributed by atoms with Crippen LogP contribution in [0.25, 0.3) is 22.0 Å². The molecule has 8 heteroatoms. The average Bonchev–Trinajstić information content (AvgIpc) is 2.85. The number of pyridine rings is 1. The predicted molar refractivity (Wildman–Crippen MR) is 132 cm³/mol. The highest BCUT2D eigenvalue weighted by molar-refractivity contribution is 7.92. The number of hydrogen-bond donors (Lipinski definition) is 1.